The predicted molar refractivity (Wildman–Crippen MR) is 158 cm³/mol. The van der Waals surface area contributed by atoms with E-state index in [1.807, 2.05) is 36.5 Å². The first-order valence-electron chi connectivity index (χ1n) is 14.2. The molecule has 220 valence electrons. The van der Waals surface area contributed by atoms with Gasteiger partial charge in [-0.3, -0.25) is 4.98 Å². The van der Waals surface area contributed by atoms with Gasteiger partial charge in [-0.05, 0) is 94.3 Å². The van der Waals surface area contributed by atoms with Crippen molar-refractivity contribution >= 4 is 21.6 Å². The second-order valence-electron chi connectivity index (χ2n) is 11.1. The Bertz CT molecular complexity index is 1490. The standard InChI is InChI=1S/C31H37ClFN3O4S/c1-21(2)36(16-6-5-14-34)41(37,38)30-17-22(27(32)18-28(30)33)20-39-31(12-13-31)26-19-35-15-11-24(26)25-7-3-4-8-29(25)40-23-9-10-23/h3-4,7-8,11,15,17-19,21,23H,5-6,9-10,12-14,16,20,34H2,1-2H3. The van der Waals surface area contributed by atoms with Crippen molar-refractivity contribution in [2.24, 2.45) is 5.73 Å². The maximum absolute atomic E-state index is 15.1. The molecule has 3 aromatic rings. The smallest absolute Gasteiger partial charge is 0.246 e. The van der Waals surface area contributed by atoms with Gasteiger partial charge in [0.1, 0.15) is 16.5 Å². The molecule has 0 saturated heterocycles. The molecular formula is C31H37ClFN3O4S. The zero-order chi connectivity index (χ0) is 29.2. The van der Waals surface area contributed by atoms with Gasteiger partial charge in [-0.2, -0.15) is 4.31 Å². The number of aromatic nitrogens is 1. The maximum atomic E-state index is 15.1. The number of hydrogen-bond acceptors (Lipinski definition) is 6. The van der Waals surface area contributed by atoms with Gasteiger partial charge in [-0.15, -0.1) is 0 Å². The molecule has 41 heavy (non-hydrogen) atoms. The van der Waals surface area contributed by atoms with Crippen molar-refractivity contribution in [1.82, 2.24) is 9.29 Å². The van der Waals surface area contributed by atoms with E-state index in [0.717, 1.165) is 54.2 Å². The van der Waals surface area contributed by atoms with Crippen molar-refractivity contribution in [3.05, 3.63) is 76.8 Å². The Morgan fingerprint density at radius 2 is 1.90 bits per heavy atom. The summed E-state index contributed by atoms with van der Waals surface area (Å²) in [5, 5.41) is 0.117. The van der Waals surface area contributed by atoms with E-state index in [1.54, 1.807) is 20.0 Å². The molecule has 2 N–H and O–H groups in total. The van der Waals surface area contributed by atoms with Gasteiger partial charge in [0.25, 0.3) is 0 Å². The Labute approximate surface area is 246 Å². The predicted octanol–water partition coefficient (Wildman–Crippen LogP) is 6.43. The van der Waals surface area contributed by atoms with Crippen LogP contribution in [0.3, 0.4) is 0 Å². The molecule has 2 aliphatic carbocycles. The van der Waals surface area contributed by atoms with E-state index in [-0.39, 0.29) is 30.3 Å². The van der Waals surface area contributed by atoms with Crippen LogP contribution in [0, 0.1) is 5.82 Å². The Kier molecular flexibility index (Phi) is 9.01. The quantitative estimate of drug-likeness (QED) is 0.214. The number of para-hydroxylation sites is 1. The molecule has 1 heterocycles. The van der Waals surface area contributed by atoms with E-state index in [9.17, 15) is 8.42 Å². The van der Waals surface area contributed by atoms with E-state index in [1.165, 1.54) is 10.4 Å². The van der Waals surface area contributed by atoms with Crippen LogP contribution in [0.15, 0.2) is 59.8 Å². The van der Waals surface area contributed by atoms with Gasteiger partial charge in [0.05, 0.1) is 18.3 Å². The number of rotatable bonds is 14. The lowest BCUT2D eigenvalue weighted by Crippen LogP contribution is -2.38. The Morgan fingerprint density at radius 3 is 2.59 bits per heavy atom. The molecule has 10 heteroatoms. The zero-order valence-corrected chi connectivity index (χ0v) is 25.1. The summed E-state index contributed by atoms with van der Waals surface area (Å²) in [5.41, 5.74) is 8.28. The second kappa shape index (κ2) is 12.4. The summed E-state index contributed by atoms with van der Waals surface area (Å²) >= 11 is 6.42. The number of pyridine rings is 1. The Balaban J connectivity index is 1.41. The maximum Gasteiger partial charge on any atom is 0.246 e. The molecule has 0 unspecified atom stereocenters. The molecule has 2 aromatic carbocycles. The molecule has 2 saturated carbocycles. The van der Waals surface area contributed by atoms with Crippen LogP contribution in [-0.2, 0) is 27.0 Å². The van der Waals surface area contributed by atoms with Crippen LogP contribution in [0.25, 0.3) is 11.1 Å². The molecule has 0 radical (unpaired) electrons. The summed E-state index contributed by atoms with van der Waals surface area (Å²) in [4.78, 5) is 3.99. The first-order chi connectivity index (χ1) is 19.7. The second-order valence-corrected chi connectivity index (χ2v) is 13.4. The van der Waals surface area contributed by atoms with Gasteiger partial charge in [-0.1, -0.05) is 29.8 Å². The van der Waals surface area contributed by atoms with Crippen molar-refractivity contribution in [2.75, 3.05) is 13.1 Å². The Morgan fingerprint density at radius 1 is 1.15 bits per heavy atom. The third-order valence-electron chi connectivity index (χ3n) is 7.61. The summed E-state index contributed by atoms with van der Waals surface area (Å²) in [6, 6.07) is 12.0. The summed E-state index contributed by atoms with van der Waals surface area (Å²) < 4.78 is 56.2. The minimum Gasteiger partial charge on any atom is -0.490 e. The highest BCUT2D eigenvalue weighted by Gasteiger charge is 2.48. The molecule has 5 rings (SSSR count). The first-order valence-corrected chi connectivity index (χ1v) is 16.0. The fourth-order valence-corrected chi connectivity index (χ4v) is 7.02. The van der Waals surface area contributed by atoms with Crippen molar-refractivity contribution in [3.63, 3.8) is 0 Å². The van der Waals surface area contributed by atoms with Crippen LogP contribution in [-0.4, -0.2) is 42.9 Å². The molecule has 2 fully saturated rings. The van der Waals surface area contributed by atoms with E-state index >= 15 is 4.39 Å². The van der Waals surface area contributed by atoms with Gasteiger partial charge in [0, 0.05) is 41.1 Å². The molecule has 2 aliphatic rings. The third kappa shape index (κ3) is 6.60. The zero-order valence-electron chi connectivity index (χ0n) is 23.5. The van der Waals surface area contributed by atoms with Gasteiger partial charge in [0.2, 0.25) is 10.0 Å². The number of unbranched alkanes of at least 4 members (excludes halogenated alkanes) is 1. The van der Waals surface area contributed by atoms with Crippen molar-refractivity contribution < 1.29 is 22.3 Å². The minimum atomic E-state index is -4.11. The number of nitrogens with zero attached hydrogens (tertiary/aromatic N) is 2. The molecule has 0 spiro atoms. The summed E-state index contributed by atoms with van der Waals surface area (Å²) in [6.45, 7) is 4.28. The van der Waals surface area contributed by atoms with Crippen LogP contribution < -0.4 is 10.5 Å². The normalized spacial score (nSPS) is 16.4. The largest absolute Gasteiger partial charge is 0.490 e. The highest BCUT2D eigenvalue weighted by Crippen LogP contribution is 2.53. The van der Waals surface area contributed by atoms with E-state index in [2.05, 4.69) is 4.98 Å². The average Bonchev–Trinajstić information content (AvgIpc) is 3.88. The number of nitrogens with two attached hydrogens (primary N) is 1. The molecule has 0 bridgehead atoms. The van der Waals surface area contributed by atoms with Crippen LogP contribution in [0.2, 0.25) is 5.02 Å². The number of ether oxygens (including phenoxy) is 2. The fourth-order valence-electron chi connectivity index (χ4n) is 5.04. The number of hydrogen-bond donors (Lipinski definition) is 1. The number of benzene rings is 2. The molecule has 0 amide bonds. The fraction of sp³-hybridized carbons (Fsp3) is 0.452. The van der Waals surface area contributed by atoms with Crippen LogP contribution in [0.5, 0.6) is 5.75 Å². The van der Waals surface area contributed by atoms with Crippen LogP contribution in [0.4, 0.5) is 4.39 Å². The van der Waals surface area contributed by atoms with Gasteiger partial charge in [-0.25, -0.2) is 12.8 Å². The number of halogens is 2. The molecular weight excluding hydrogens is 565 g/mol. The van der Waals surface area contributed by atoms with Crippen molar-refractivity contribution in [1.29, 1.82) is 0 Å². The van der Waals surface area contributed by atoms with Crippen LogP contribution >= 0.6 is 11.6 Å². The summed E-state index contributed by atoms with van der Waals surface area (Å²) in [6.07, 6.45) is 8.75. The average molecular weight is 602 g/mol. The van der Waals surface area contributed by atoms with Gasteiger partial charge >= 0.3 is 0 Å². The lowest BCUT2D eigenvalue weighted by molar-refractivity contribution is 0.0172. The number of sulfonamides is 1. The van der Waals surface area contributed by atoms with E-state index in [4.69, 9.17) is 26.8 Å². The molecule has 7 nitrogen and oxygen atoms in total. The lowest BCUT2D eigenvalue weighted by Gasteiger charge is -2.26. The van der Waals surface area contributed by atoms with Gasteiger partial charge < -0.3 is 15.2 Å². The van der Waals surface area contributed by atoms with Crippen molar-refractivity contribution in [3.8, 4) is 16.9 Å². The molecule has 1 aromatic heterocycles. The molecule has 0 atom stereocenters. The van der Waals surface area contributed by atoms with E-state index in [0.29, 0.717) is 24.9 Å². The highest BCUT2D eigenvalue weighted by molar-refractivity contribution is 7.89. The first kappa shape index (κ1) is 29.9. The SMILES string of the molecule is CC(C)N(CCCCN)S(=O)(=O)c1cc(COC2(c3cnccc3-c3ccccc3OC3CC3)CC2)c(Cl)cc1F. The van der Waals surface area contributed by atoms with Crippen LogP contribution in [0.1, 0.15) is 63.5 Å². The summed E-state index contributed by atoms with van der Waals surface area (Å²) in [7, 11) is -4.11. The highest BCUT2D eigenvalue weighted by atomic mass is 35.5. The monoisotopic (exact) mass is 601 g/mol. The topological polar surface area (TPSA) is 94.8 Å². The third-order valence-corrected chi connectivity index (χ3v) is 10.1. The van der Waals surface area contributed by atoms with Crippen molar-refractivity contribution in [2.45, 2.75) is 81.6 Å². The van der Waals surface area contributed by atoms with E-state index < -0.39 is 26.3 Å². The van der Waals surface area contributed by atoms with Gasteiger partial charge in [0.15, 0.2) is 0 Å². The molecule has 0 aliphatic heterocycles. The Hall–Kier alpha value is -2.56. The lowest BCUT2D eigenvalue weighted by atomic mass is 9.96. The summed E-state index contributed by atoms with van der Waals surface area (Å²) in [5.74, 6) is -0.0537. The minimum absolute atomic E-state index is 0.0189.